The molecule has 1 aliphatic rings. The van der Waals surface area contributed by atoms with Crippen molar-refractivity contribution in [2.24, 2.45) is 16.7 Å². The molecule has 1 fully saturated rings. The number of rotatable bonds is 2. The first-order valence-electron chi connectivity index (χ1n) is 5.89. The minimum Gasteiger partial charge on any atom is -0.374 e. The Morgan fingerprint density at radius 1 is 1.21 bits per heavy atom. The third-order valence-electron chi connectivity index (χ3n) is 4.71. The molecule has 1 saturated heterocycles. The van der Waals surface area contributed by atoms with E-state index >= 15 is 0 Å². The highest BCUT2D eigenvalue weighted by molar-refractivity contribution is 4.97. The van der Waals surface area contributed by atoms with Crippen LogP contribution in [0.5, 0.6) is 0 Å². The molecule has 3 atom stereocenters. The van der Waals surface area contributed by atoms with Gasteiger partial charge in [-0.3, -0.25) is 0 Å². The topological polar surface area (TPSA) is 9.23 Å². The van der Waals surface area contributed by atoms with Crippen molar-refractivity contribution in [3.8, 4) is 0 Å². The van der Waals surface area contributed by atoms with E-state index in [1.165, 1.54) is 6.42 Å². The molecule has 0 aliphatic carbocycles. The van der Waals surface area contributed by atoms with Gasteiger partial charge in [0.2, 0.25) is 0 Å². The molecule has 0 aromatic rings. The molecule has 0 amide bonds. The Morgan fingerprint density at radius 2 is 1.71 bits per heavy atom. The molecule has 0 saturated carbocycles. The first kappa shape index (κ1) is 12.0. The van der Waals surface area contributed by atoms with Gasteiger partial charge < -0.3 is 4.74 Å². The zero-order chi connectivity index (χ0) is 11.1. The highest BCUT2D eigenvalue weighted by Gasteiger charge is 2.50. The Hall–Kier alpha value is -0.0400. The van der Waals surface area contributed by atoms with Crippen LogP contribution in [0.1, 0.15) is 54.9 Å². The average molecular weight is 198 g/mol. The third-order valence-corrected chi connectivity index (χ3v) is 4.71. The van der Waals surface area contributed by atoms with Gasteiger partial charge in [0.05, 0.1) is 12.2 Å². The zero-order valence-electron chi connectivity index (χ0n) is 10.8. The van der Waals surface area contributed by atoms with E-state index in [0.717, 1.165) is 0 Å². The van der Waals surface area contributed by atoms with Crippen LogP contribution in [0.2, 0.25) is 0 Å². The fourth-order valence-corrected chi connectivity index (χ4v) is 2.34. The highest BCUT2D eigenvalue weighted by Crippen LogP contribution is 2.49. The molecule has 0 aromatic carbocycles. The molecule has 0 radical (unpaired) electrons. The first-order chi connectivity index (χ1) is 6.23. The van der Waals surface area contributed by atoms with Gasteiger partial charge in [-0.2, -0.15) is 0 Å². The van der Waals surface area contributed by atoms with E-state index in [0.29, 0.717) is 29.0 Å². The Morgan fingerprint density at radius 3 is 2.00 bits per heavy atom. The molecule has 1 nitrogen and oxygen atoms in total. The van der Waals surface area contributed by atoms with Crippen molar-refractivity contribution < 1.29 is 4.74 Å². The lowest BCUT2D eigenvalue weighted by Gasteiger charge is -2.35. The van der Waals surface area contributed by atoms with Gasteiger partial charge >= 0.3 is 0 Å². The van der Waals surface area contributed by atoms with Crippen LogP contribution in [0.4, 0.5) is 0 Å². The van der Waals surface area contributed by atoms with E-state index in [4.69, 9.17) is 4.74 Å². The monoisotopic (exact) mass is 198 g/mol. The molecule has 0 N–H and O–H groups in total. The van der Waals surface area contributed by atoms with E-state index in [1.807, 2.05) is 0 Å². The summed E-state index contributed by atoms with van der Waals surface area (Å²) in [6.45, 7) is 16.1. The zero-order valence-corrected chi connectivity index (χ0v) is 10.8. The molecule has 2 unspecified atom stereocenters. The van der Waals surface area contributed by atoms with Gasteiger partial charge in [0.25, 0.3) is 0 Å². The Labute approximate surface area is 89.2 Å². The molecule has 1 heteroatoms. The van der Waals surface area contributed by atoms with Gasteiger partial charge in [0.1, 0.15) is 0 Å². The molecule has 0 bridgehead atoms. The molecule has 84 valence electrons. The lowest BCUT2D eigenvalue weighted by atomic mass is 9.69. The Kier molecular flexibility index (Phi) is 3.02. The minimum absolute atomic E-state index is 0.307. The van der Waals surface area contributed by atoms with Crippen molar-refractivity contribution in [2.75, 3.05) is 0 Å². The van der Waals surface area contributed by atoms with Gasteiger partial charge in [0, 0.05) is 0 Å². The van der Waals surface area contributed by atoms with Gasteiger partial charge in [-0.05, 0) is 30.1 Å². The smallest absolute Gasteiger partial charge is 0.0661 e. The van der Waals surface area contributed by atoms with Crippen LogP contribution in [0, 0.1) is 16.7 Å². The summed E-state index contributed by atoms with van der Waals surface area (Å²) in [5.41, 5.74) is 0.624. The number of ether oxygens (including phenoxy) is 1. The van der Waals surface area contributed by atoms with Crippen LogP contribution in [-0.2, 0) is 4.74 Å². The minimum atomic E-state index is 0.307. The van der Waals surface area contributed by atoms with Crippen LogP contribution < -0.4 is 0 Å². The molecule has 1 rings (SSSR count). The maximum atomic E-state index is 6.14. The van der Waals surface area contributed by atoms with Gasteiger partial charge in [0.15, 0.2) is 0 Å². The normalized spacial score (nSPS) is 37.5. The van der Waals surface area contributed by atoms with Crippen molar-refractivity contribution >= 4 is 0 Å². The van der Waals surface area contributed by atoms with E-state index in [2.05, 4.69) is 48.5 Å². The predicted octanol–water partition coefficient (Wildman–Crippen LogP) is 3.87. The number of hydrogen-bond acceptors (Lipinski definition) is 1. The van der Waals surface area contributed by atoms with Gasteiger partial charge in [-0.15, -0.1) is 0 Å². The molecule has 1 heterocycles. The van der Waals surface area contributed by atoms with Crippen molar-refractivity contribution in [2.45, 2.75) is 67.1 Å². The Bertz CT molecular complexity index is 205. The molecule has 14 heavy (non-hydrogen) atoms. The summed E-state index contributed by atoms with van der Waals surface area (Å²) >= 11 is 0. The van der Waals surface area contributed by atoms with Gasteiger partial charge in [-0.1, -0.05) is 41.5 Å². The highest BCUT2D eigenvalue weighted by atomic mass is 16.5. The van der Waals surface area contributed by atoms with Crippen LogP contribution in [0.15, 0.2) is 0 Å². The van der Waals surface area contributed by atoms with E-state index in [-0.39, 0.29) is 0 Å². The maximum Gasteiger partial charge on any atom is 0.0661 e. The summed E-state index contributed by atoms with van der Waals surface area (Å²) in [4.78, 5) is 0. The average Bonchev–Trinajstić information content (AvgIpc) is 2.30. The van der Waals surface area contributed by atoms with Crippen molar-refractivity contribution in [3.63, 3.8) is 0 Å². The van der Waals surface area contributed by atoms with Crippen LogP contribution in [0.25, 0.3) is 0 Å². The quantitative estimate of drug-likeness (QED) is 0.654. The van der Waals surface area contributed by atoms with Crippen molar-refractivity contribution in [1.29, 1.82) is 0 Å². The Balaban J connectivity index is 2.87. The molecule has 0 aromatic heterocycles. The lowest BCUT2D eigenvalue weighted by molar-refractivity contribution is -0.0341. The van der Waals surface area contributed by atoms with Crippen molar-refractivity contribution in [3.05, 3.63) is 0 Å². The molecule has 1 aliphatic heterocycles. The molecular weight excluding hydrogens is 172 g/mol. The third kappa shape index (κ3) is 1.71. The summed E-state index contributed by atoms with van der Waals surface area (Å²) < 4.78 is 6.14. The number of hydrogen-bond donors (Lipinski definition) is 0. The van der Waals surface area contributed by atoms with Crippen LogP contribution >= 0.6 is 0 Å². The predicted molar refractivity (Wildman–Crippen MR) is 61.4 cm³/mol. The van der Waals surface area contributed by atoms with E-state index in [9.17, 15) is 0 Å². The largest absolute Gasteiger partial charge is 0.374 e. The lowest BCUT2D eigenvalue weighted by Crippen LogP contribution is -2.35. The van der Waals surface area contributed by atoms with Crippen LogP contribution in [0.3, 0.4) is 0 Å². The fraction of sp³-hybridized carbons (Fsp3) is 1.00. The SMILES string of the molecule is CCC(C)(C)[C@H]1OC(C)C(C)(C)C1C. The van der Waals surface area contributed by atoms with E-state index < -0.39 is 0 Å². The molecular formula is C13H26O. The summed E-state index contributed by atoms with van der Waals surface area (Å²) in [5.74, 6) is 0.646. The fourth-order valence-electron chi connectivity index (χ4n) is 2.34. The second-order valence-electron chi connectivity index (χ2n) is 6.15. The standard InChI is InChI=1S/C13H26O/c1-8-12(4,5)11-9(2)13(6,7)10(3)14-11/h9-11H,8H2,1-7H3/t9?,10?,11-/m0/s1. The summed E-state index contributed by atoms with van der Waals surface area (Å²) in [6.07, 6.45) is 1.98. The second kappa shape index (κ2) is 3.52. The van der Waals surface area contributed by atoms with Gasteiger partial charge in [-0.25, -0.2) is 0 Å². The summed E-state index contributed by atoms with van der Waals surface area (Å²) in [7, 11) is 0. The molecule has 0 spiro atoms. The first-order valence-corrected chi connectivity index (χ1v) is 5.89. The second-order valence-corrected chi connectivity index (χ2v) is 6.15. The maximum absolute atomic E-state index is 6.14. The van der Waals surface area contributed by atoms with E-state index in [1.54, 1.807) is 0 Å². The summed E-state index contributed by atoms with van der Waals surface area (Å²) in [5, 5.41) is 0. The van der Waals surface area contributed by atoms with Crippen molar-refractivity contribution in [1.82, 2.24) is 0 Å². The summed E-state index contributed by atoms with van der Waals surface area (Å²) in [6, 6.07) is 0. The van der Waals surface area contributed by atoms with Crippen LogP contribution in [-0.4, -0.2) is 12.2 Å².